The summed E-state index contributed by atoms with van der Waals surface area (Å²) in [4.78, 5) is 9.44. The van der Waals surface area contributed by atoms with Gasteiger partial charge in [-0.1, -0.05) is 53.7 Å². The first kappa shape index (κ1) is 16.8. The summed E-state index contributed by atoms with van der Waals surface area (Å²) in [6.07, 6.45) is 0.458. The van der Waals surface area contributed by atoms with Crippen LogP contribution in [-0.2, 0) is 4.84 Å². The number of hydrogen-bond acceptors (Lipinski definition) is 2. The molecule has 138 valence electrons. The van der Waals surface area contributed by atoms with Gasteiger partial charge in [-0.25, -0.2) is 4.39 Å². The number of nitrogens with one attached hydrogen (secondary N) is 1. The molecule has 28 heavy (non-hydrogen) atoms. The van der Waals surface area contributed by atoms with E-state index in [4.69, 9.17) is 4.84 Å². The molecule has 1 atom stereocenters. The van der Waals surface area contributed by atoms with Crippen LogP contribution >= 0.6 is 0 Å². The zero-order chi connectivity index (χ0) is 19.1. The van der Waals surface area contributed by atoms with Crippen molar-refractivity contribution in [1.82, 2.24) is 4.98 Å². The SMILES string of the molecule is Cc1cc(F)ccc1C1=NOC(c2c(-c3ccccc3)[nH]c3ccccc23)C1. The number of halogens is 1. The van der Waals surface area contributed by atoms with E-state index in [1.807, 2.05) is 37.3 Å². The third-order valence-corrected chi connectivity index (χ3v) is 5.30. The quantitative estimate of drug-likeness (QED) is 0.461. The number of aromatic nitrogens is 1. The van der Waals surface area contributed by atoms with Gasteiger partial charge in [0, 0.05) is 28.5 Å². The third kappa shape index (κ3) is 2.78. The van der Waals surface area contributed by atoms with E-state index in [1.54, 1.807) is 6.07 Å². The van der Waals surface area contributed by atoms with Crippen molar-refractivity contribution in [2.24, 2.45) is 5.16 Å². The molecule has 4 aromatic rings. The zero-order valence-corrected chi connectivity index (χ0v) is 15.4. The average molecular weight is 370 g/mol. The van der Waals surface area contributed by atoms with Crippen LogP contribution in [0.4, 0.5) is 4.39 Å². The minimum Gasteiger partial charge on any atom is -0.387 e. The molecule has 1 aliphatic heterocycles. The van der Waals surface area contributed by atoms with Crippen LogP contribution in [0.3, 0.4) is 0 Å². The number of aromatic amines is 1. The van der Waals surface area contributed by atoms with Crippen LogP contribution in [0.25, 0.3) is 22.2 Å². The summed E-state index contributed by atoms with van der Waals surface area (Å²) >= 11 is 0. The van der Waals surface area contributed by atoms with Crippen molar-refractivity contribution in [3.8, 4) is 11.3 Å². The van der Waals surface area contributed by atoms with Crippen molar-refractivity contribution < 1.29 is 9.23 Å². The van der Waals surface area contributed by atoms with Crippen LogP contribution < -0.4 is 0 Å². The van der Waals surface area contributed by atoms with E-state index in [-0.39, 0.29) is 11.9 Å². The predicted octanol–water partition coefficient (Wildman–Crippen LogP) is 6.15. The number of nitrogens with zero attached hydrogens (tertiary/aromatic N) is 1. The molecular formula is C24H19FN2O. The van der Waals surface area contributed by atoms with E-state index in [0.29, 0.717) is 6.42 Å². The smallest absolute Gasteiger partial charge is 0.160 e. The first-order chi connectivity index (χ1) is 13.7. The van der Waals surface area contributed by atoms with E-state index in [0.717, 1.165) is 44.6 Å². The molecule has 1 unspecified atom stereocenters. The van der Waals surface area contributed by atoms with Gasteiger partial charge in [0.15, 0.2) is 6.10 Å². The summed E-state index contributed by atoms with van der Waals surface area (Å²) in [6.45, 7) is 1.90. The third-order valence-electron chi connectivity index (χ3n) is 5.30. The molecule has 4 heteroatoms. The zero-order valence-electron chi connectivity index (χ0n) is 15.4. The first-order valence-corrected chi connectivity index (χ1v) is 9.36. The summed E-state index contributed by atoms with van der Waals surface area (Å²) in [7, 11) is 0. The second-order valence-corrected chi connectivity index (χ2v) is 7.12. The summed E-state index contributed by atoms with van der Waals surface area (Å²) in [6, 6.07) is 23.3. The molecule has 1 aromatic heterocycles. The van der Waals surface area contributed by atoms with Crippen LogP contribution in [0.5, 0.6) is 0 Å². The van der Waals surface area contributed by atoms with Gasteiger partial charge in [-0.2, -0.15) is 0 Å². The number of hydrogen-bond donors (Lipinski definition) is 1. The fourth-order valence-electron chi connectivity index (χ4n) is 3.97. The van der Waals surface area contributed by atoms with Gasteiger partial charge in [-0.15, -0.1) is 0 Å². The van der Waals surface area contributed by atoms with Crippen LogP contribution in [0, 0.1) is 12.7 Å². The standard InChI is InChI=1S/C24H19FN2O/c1-15-13-17(25)11-12-18(15)21-14-22(28-27-21)23-19-9-5-6-10-20(19)26-24(23)16-7-3-2-4-8-16/h2-13,22,26H,14H2,1H3. The molecule has 1 aliphatic rings. The van der Waals surface area contributed by atoms with Gasteiger partial charge in [0.25, 0.3) is 0 Å². The lowest BCUT2D eigenvalue weighted by molar-refractivity contribution is 0.0872. The molecule has 0 aliphatic carbocycles. The monoisotopic (exact) mass is 370 g/mol. The molecule has 5 rings (SSSR count). The number of aryl methyl sites for hydroxylation is 1. The Morgan fingerprint density at radius 1 is 1.00 bits per heavy atom. The van der Waals surface area contributed by atoms with Gasteiger partial charge < -0.3 is 9.82 Å². The Labute approximate surface area is 162 Å². The van der Waals surface area contributed by atoms with Gasteiger partial charge in [0.05, 0.1) is 11.4 Å². The number of fused-ring (bicyclic) bond motifs is 1. The van der Waals surface area contributed by atoms with Crippen molar-refractivity contribution in [3.05, 3.63) is 95.3 Å². The Kier molecular flexibility index (Phi) is 3.97. The highest BCUT2D eigenvalue weighted by Crippen LogP contribution is 2.40. The Balaban J connectivity index is 1.57. The first-order valence-electron chi connectivity index (χ1n) is 9.36. The lowest BCUT2D eigenvalue weighted by atomic mass is 9.94. The van der Waals surface area contributed by atoms with Crippen molar-refractivity contribution in [2.75, 3.05) is 0 Å². The number of rotatable bonds is 3. The second kappa shape index (κ2) is 6.64. The highest BCUT2D eigenvalue weighted by atomic mass is 19.1. The highest BCUT2D eigenvalue weighted by Gasteiger charge is 2.30. The van der Waals surface area contributed by atoms with E-state index in [2.05, 4.69) is 34.4 Å². The normalized spacial score (nSPS) is 16.2. The van der Waals surface area contributed by atoms with E-state index >= 15 is 0 Å². The second-order valence-electron chi connectivity index (χ2n) is 7.12. The molecule has 0 spiro atoms. The van der Waals surface area contributed by atoms with Crippen molar-refractivity contribution in [2.45, 2.75) is 19.4 Å². The van der Waals surface area contributed by atoms with Crippen LogP contribution in [0.1, 0.15) is 29.2 Å². The molecule has 1 N–H and O–H groups in total. The Hall–Kier alpha value is -3.40. The number of oxime groups is 1. The molecule has 0 fully saturated rings. The van der Waals surface area contributed by atoms with Crippen molar-refractivity contribution in [1.29, 1.82) is 0 Å². The summed E-state index contributed by atoms with van der Waals surface area (Å²) in [5, 5.41) is 5.49. The van der Waals surface area contributed by atoms with Crippen LogP contribution in [0.2, 0.25) is 0 Å². The molecular weight excluding hydrogens is 351 g/mol. The minimum atomic E-state index is -0.236. The summed E-state index contributed by atoms with van der Waals surface area (Å²) in [5.41, 5.74) is 7.01. The maximum atomic E-state index is 13.5. The van der Waals surface area contributed by atoms with E-state index in [1.165, 1.54) is 12.1 Å². The average Bonchev–Trinajstić information content (AvgIpc) is 3.33. The molecule has 0 saturated heterocycles. The number of benzene rings is 3. The minimum absolute atomic E-state index is 0.189. The Bertz CT molecular complexity index is 1190. The van der Waals surface area contributed by atoms with Crippen LogP contribution in [-0.4, -0.2) is 10.7 Å². The fraction of sp³-hybridized carbons (Fsp3) is 0.125. The maximum Gasteiger partial charge on any atom is 0.160 e. The van der Waals surface area contributed by atoms with Crippen LogP contribution in [0.15, 0.2) is 78.0 Å². The molecule has 0 saturated carbocycles. The Morgan fingerprint density at radius 2 is 1.79 bits per heavy atom. The Morgan fingerprint density at radius 3 is 2.61 bits per heavy atom. The summed E-state index contributed by atoms with van der Waals surface area (Å²) < 4.78 is 13.5. The van der Waals surface area contributed by atoms with Crippen molar-refractivity contribution >= 4 is 16.6 Å². The largest absolute Gasteiger partial charge is 0.387 e. The van der Waals surface area contributed by atoms with Gasteiger partial charge >= 0.3 is 0 Å². The van der Waals surface area contributed by atoms with Gasteiger partial charge in [0.1, 0.15) is 5.82 Å². The highest BCUT2D eigenvalue weighted by molar-refractivity contribution is 6.03. The topological polar surface area (TPSA) is 37.4 Å². The van der Waals surface area contributed by atoms with Gasteiger partial charge in [-0.05, 0) is 42.3 Å². The molecule has 0 bridgehead atoms. The lowest BCUT2D eigenvalue weighted by Crippen LogP contribution is -2.04. The molecule has 3 nitrogen and oxygen atoms in total. The predicted molar refractivity (Wildman–Crippen MR) is 110 cm³/mol. The maximum absolute atomic E-state index is 13.5. The van der Waals surface area contributed by atoms with Crippen molar-refractivity contribution in [3.63, 3.8) is 0 Å². The molecule has 0 amide bonds. The summed E-state index contributed by atoms with van der Waals surface area (Å²) in [5.74, 6) is -0.236. The lowest BCUT2D eigenvalue weighted by Gasteiger charge is -2.11. The molecule has 2 heterocycles. The van der Waals surface area contributed by atoms with E-state index < -0.39 is 0 Å². The molecule has 0 radical (unpaired) electrons. The number of para-hydroxylation sites is 1. The van der Waals surface area contributed by atoms with Gasteiger partial charge in [0.2, 0.25) is 0 Å². The number of H-pyrrole nitrogens is 1. The van der Waals surface area contributed by atoms with Gasteiger partial charge in [-0.3, -0.25) is 0 Å². The molecule has 3 aromatic carbocycles. The fourth-order valence-corrected chi connectivity index (χ4v) is 3.97. The van der Waals surface area contributed by atoms with E-state index in [9.17, 15) is 4.39 Å².